The van der Waals surface area contributed by atoms with E-state index in [2.05, 4.69) is 13.8 Å². The van der Waals surface area contributed by atoms with Gasteiger partial charge < -0.3 is 10.6 Å². The summed E-state index contributed by atoms with van der Waals surface area (Å²) in [6.07, 6.45) is 8.70. The molecule has 0 rings (SSSR count). The zero-order chi connectivity index (χ0) is 10.8. The summed E-state index contributed by atoms with van der Waals surface area (Å²) in [5.74, 6) is 0.159. The Balaban J connectivity index is 0. The molecule has 0 unspecified atom stereocenters. The number of carboxylic acids is 1. The lowest BCUT2D eigenvalue weighted by Crippen LogP contribution is -1.93. The molecule has 0 aliphatic heterocycles. The second-order valence-corrected chi connectivity index (χ2v) is 4.45. The third kappa shape index (κ3) is 16.1. The lowest BCUT2D eigenvalue weighted by Gasteiger charge is -2.03. The minimum atomic E-state index is -0.662. The molecule has 0 radical (unpaired) electrons. The standard InChI is InChI=1S/C12H24O2.H2O/c1-11(2)9-7-5-3-4-6-8-10-12(13)14;/h11H,3-10H2,1-2H3,(H,13,14);1H2. The van der Waals surface area contributed by atoms with Gasteiger partial charge in [-0.05, 0) is 12.3 Å². The van der Waals surface area contributed by atoms with Crippen molar-refractivity contribution in [3.05, 3.63) is 0 Å². The smallest absolute Gasteiger partial charge is 0.303 e. The lowest BCUT2D eigenvalue weighted by molar-refractivity contribution is -0.137. The summed E-state index contributed by atoms with van der Waals surface area (Å²) in [5.41, 5.74) is 0. The van der Waals surface area contributed by atoms with Crippen molar-refractivity contribution >= 4 is 5.97 Å². The quantitative estimate of drug-likeness (QED) is 0.604. The van der Waals surface area contributed by atoms with E-state index >= 15 is 0 Å². The van der Waals surface area contributed by atoms with Crippen molar-refractivity contribution in [3.8, 4) is 0 Å². The van der Waals surface area contributed by atoms with Gasteiger partial charge in [0, 0.05) is 6.42 Å². The molecule has 0 aliphatic rings. The van der Waals surface area contributed by atoms with E-state index < -0.39 is 5.97 Å². The van der Waals surface area contributed by atoms with Gasteiger partial charge in [-0.15, -0.1) is 0 Å². The molecule has 92 valence electrons. The molecule has 0 aliphatic carbocycles. The molecule has 0 aromatic heterocycles. The Morgan fingerprint density at radius 2 is 1.47 bits per heavy atom. The van der Waals surface area contributed by atoms with Crippen LogP contribution in [0.5, 0.6) is 0 Å². The number of aliphatic carboxylic acids is 1. The number of hydrogen-bond donors (Lipinski definition) is 1. The normalized spacial score (nSPS) is 10.1. The molecule has 0 heterocycles. The van der Waals surface area contributed by atoms with Crippen LogP contribution in [0.15, 0.2) is 0 Å². The van der Waals surface area contributed by atoms with Crippen molar-refractivity contribution < 1.29 is 15.4 Å². The topological polar surface area (TPSA) is 68.8 Å². The molecule has 0 atom stereocenters. The van der Waals surface area contributed by atoms with Crippen LogP contribution < -0.4 is 0 Å². The SMILES string of the molecule is CC(C)CCCCCCCCC(=O)O.O. The third-order valence-electron chi connectivity index (χ3n) is 2.42. The van der Waals surface area contributed by atoms with Crippen LogP contribution in [0.2, 0.25) is 0 Å². The first-order chi connectivity index (χ1) is 6.63. The maximum atomic E-state index is 10.2. The van der Waals surface area contributed by atoms with E-state index in [0.29, 0.717) is 6.42 Å². The fraction of sp³-hybridized carbons (Fsp3) is 0.917. The van der Waals surface area contributed by atoms with Crippen LogP contribution in [0.4, 0.5) is 0 Å². The zero-order valence-electron chi connectivity index (χ0n) is 10.1. The molecule has 0 saturated heterocycles. The van der Waals surface area contributed by atoms with Gasteiger partial charge in [0.2, 0.25) is 0 Å². The highest BCUT2D eigenvalue weighted by atomic mass is 16.4. The van der Waals surface area contributed by atoms with Gasteiger partial charge in [-0.3, -0.25) is 4.79 Å². The highest BCUT2D eigenvalue weighted by Gasteiger charge is 1.97. The summed E-state index contributed by atoms with van der Waals surface area (Å²) in [5, 5.41) is 8.42. The fourth-order valence-electron chi connectivity index (χ4n) is 1.54. The van der Waals surface area contributed by atoms with Crippen molar-refractivity contribution in [3.63, 3.8) is 0 Å². The van der Waals surface area contributed by atoms with Crippen molar-refractivity contribution in [1.29, 1.82) is 0 Å². The molecule has 3 nitrogen and oxygen atoms in total. The summed E-state index contributed by atoms with van der Waals surface area (Å²) in [4.78, 5) is 10.2. The Labute approximate surface area is 93.2 Å². The molecule has 0 spiro atoms. The van der Waals surface area contributed by atoms with Crippen LogP contribution in [-0.2, 0) is 4.79 Å². The van der Waals surface area contributed by atoms with Crippen molar-refractivity contribution in [2.24, 2.45) is 5.92 Å². The van der Waals surface area contributed by atoms with Crippen LogP contribution in [0.25, 0.3) is 0 Å². The number of carboxylic acid groups (broad SMARTS) is 1. The van der Waals surface area contributed by atoms with Crippen molar-refractivity contribution in [2.45, 2.75) is 65.2 Å². The highest BCUT2D eigenvalue weighted by molar-refractivity contribution is 5.66. The molecule has 0 saturated carbocycles. The van der Waals surface area contributed by atoms with Gasteiger partial charge in [-0.25, -0.2) is 0 Å². The van der Waals surface area contributed by atoms with E-state index in [1.165, 1.54) is 32.1 Å². The van der Waals surface area contributed by atoms with E-state index in [1.807, 2.05) is 0 Å². The Bertz CT molecular complexity index is 144. The minimum absolute atomic E-state index is 0. The molecule has 0 fully saturated rings. The molecule has 3 N–H and O–H groups in total. The van der Waals surface area contributed by atoms with E-state index in [1.54, 1.807) is 0 Å². The van der Waals surface area contributed by atoms with E-state index in [4.69, 9.17) is 5.11 Å². The van der Waals surface area contributed by atoms with Gasteiger partial charge >= 0.3 is 5.97 Å². The van der Waals surface area contributed by atoms with Crippen LogP contribution in [-0.4, -0.2) is 16.6 Å². The molecule has 3 heteroatoms. The minimum Gasteiger partial charge on any atom is -0.481 e. The van der Waals surface area contributed by atoms with Gasteiger partial charge in [0.05, 0.1) is 0 Å². The average molecular weight is 218 g/mol. The van der Waals surface area contributed by atoms with Crippen molar-refractivity contribution in [1.82, 2.24) is 0 Å². The Morgan fingerprint density at radius 3 is 1.93 bits per heavy atom. The second-order valence-electron chi connectivity index (χ2n) is 4.45. The van der Waals surface area contributed by atoms with E-state index in [9.17, 15) is 4.79 Å². The largest absolute Gasteiger partial charge is 0.481 e. The van der Waals surface area contributed by atoms with Gasteiger partial charge in [0.1, 0.15) is 0 Å². The number of hydrogen-bond acceptors (Lipinski definition) is 1. The monoisotopic (exact) mass is 218 g/mol. The summed E-state index contributed by atoms with van der Waals surface area (Å²) in [7, 11) is 0. The molecule has 0 aromatic rings. The average Bonchev–Trinajstić information content (AvgIpc) is 2.08. The molecule has 0 amide bonds. The van der Waals surface area contributed by atoms with Gasteiger partial charge in [0.15, 0.2) is 0 Å². The first kappa shape index (κ1) is 16.8. The number of rotatable bonds is 9. The van der Waals surface area contributed by atoms with Crippen LogP contribution in [0.1, 0.15) is 65.2 Å². The Morgan fingerprint density at radius 1 is 1.00 bits per heavy atom. The number of unbranched alkanes of at least 4 members (excludes halogenated alkanes) is 5. The van der Waals surface area contributed by atoms with Crippen LogP contribution in [0, 0.1) is 5.92 Å². The summed E-state index contributed by atoms with van der Waals surface area (Å²) < 4.78 is 0. The van der Waals surface area contributed by atoms with Crippen LogP contribution >= 0.6 is 0 Å². The molecular weight excluding hydrogens is 192 g/mol. The molecule has 15 heavy (non-hydrogen) atoms. The first-order valence-electron chi connectivity index (χ1n) is 5.84. The van der Waals surface area contributed by atoms with Gasteiger partial charge in [0.25, 0.3) is 0 Å². The molecule has 0 aromatic carbocycles. The number of carbonyl (C=O) groups is 1. The Hall–Kier alpha value is -0.570. The predicted molar refractivity (Wildman–Crippen MR) is 63.0 cm³/mol. The van der Waals surface area contributed by atoms with E-state index in [-0.39, 0.29) is 5.48 Å². The zero-order valence-corrected chi connectivity index (χ0v) is 10.1. The Kier molecular flexibility index (Phi) is 12.9. The van der Waals surface area contributed by atoms with Gasteiger partial charge in [-0.2, -0.15) is 0 Å². The molecule has 0 bridgehead atoms. The maximum Gasteiger partial charge on any atom is 0.303 e. The molecular formula is C12H26O3. The highest BCUT2D eigenvalue weighted by Crippen LogP contribution is 2.11. The lowest BCUT2D eigenvalue weighted by atomic mass is 10.0. The predicted octanol–water partition coefficient (Wildman–Crippen LogP) is 3.02. The van der Waals surface area contributed by atoms with Gasteiger partial charge in [-0.1, -0.05) is 52.4 Å². The van der Waals surface area contributed by atoms with E-state index in [0.717, 1.165) is 18.8 Å². The fourth-order valence-corrected chi connectivity index (χ4v) is 1.54. The first-order valence-corrected chi connectivity index (χ1v) is 5.84. The summed E-state index contributed by atoms with van der Waals surface area (Å²) >= 11 is 0. The summed E-state index contributed by atoms with van der Waals surface area (Å²) in [6, 6.07) is 0. The summed E-state index contributed by atoms with van der Waals surface area (Å²) in [6.45, 7) is 4.51. The van der Waals surface area contributed by atoms with Crippen molar-refractivity contribution in [2.75, 3.05) is 0 Å². The second kappa shape index (κ2) is 11.5. The van der Waals surface area contributed by atoms with Crippen LogP contribution in [0.3, 0.4) is 0 Å². The maximum absolute atomic E-state index is 10.2. The third-order valence-corrected chi connectivity index (χ3v) is 2.42.